The maximum absolute atomic E-state index is 12.3. The molecule has 0 aromatic heterocycles. The van der Waals surface area contributed by atoms with Gasteiger partial charge in [0, 0.05) is 18.0 Å². The van der Waals surface area contributed by atoms with Gasteiger partial charge in [0.1, 0.15) is 0 Å². The normalized spacial score (nSPS) is 19.9. The van der Waals surface area contributed by atoms with Crippen LogP contribution in [0.5, 0.6) is 11.5 Å². The molecule has 1 aromatic rings. The van der Waals surface area contributed by atoms with Crippen molar-refractivity contribution in [3.63, 3.8) is 0 Å². The quantitative estimate of drug-likeness (QED) is 0.660. The van der Waals surface area contributed by atoms with Gasteiger partial charge in [-0.1, -0.05) is 12.8 Å². The van der Waals surface area contributed by atoms with E-state index in [4.69, 9.17) is 14.6 Å². The minimum atomic E-state index is -1.09. The van der Waals surface area contributed by atoms with Crippen LogP contribution in [0.2, 0.25) is 0 Å². The molecule has 138 valence electrons. The molecule has 0 aliphatic heterocycles. The second kappa shape index (κ2) is 9.27. The van der Waals surface area contributed by atoms with E-state index >= 15 is 0 Å². The van der Waals surface area contributed by atoms with Crippen LogP contribution >= 0.6 is 0 Å². The van der Waals surface area contributed by atoms with Gasteiger partial charge < -0.3 is 25.0 Å². The van der Waals surface area contributed by atoms with Crippen LogP contribution in [0.15, 0.2) is 18.2 Å². The minimum Gasteiger partial charge on any atom is -0.490 e. The SMILES string of the molecule is CCOc1cc(C(=O)NC[C@@H]2CCCC[C@@H]2O)ccc1OCC(=O)O. The number of nitrogens with one attached hydrogen (secondary N) is 1. The number of benzene rings is 1. The van der Waals surface area contributed by atoms with Crippen LogP contribution < -0.4 is 14.8 Å². The number of ether oxygens (including phenoxy) is 2. The third-order valence-electron chi connectivity index (χ3n) is 4.25. The number of rotatable bonds is 8. The second-order valence-corrected chi connectivity index (χ2v) is 6.10. The highest BCUT2D eigenvalue weighted by Crippen LogP contribution is 2.29. The lowest BCUT2D eigenvalue weighted by Gasteiger charge is -2.27. The van der Waals surface area contributed by atoms with E-state index in [0.717, 1.165) is 25.7 Å². The molecule has 1 amide bonds. The van der Waals surface area contributed by atoms with Crippen LogP contribution in [0.1, 0.15) is 43.0 Å². The zero-order valence-electron chi connectivity index (χ0n) is 14.4. The molecule has 1 aliphatic rings. The first-order chi connectivity index (χ1) is 12.0. The molecule has 1 aromatic carbocycles. The molecule has 1 aliphatic carbocycles. The van der Waals surface area contributed by atoms with Gasteiger partial charge in [0.15, 0.2) is 18.1 Å². The van der Waals surface area contributed by atoms with Crippen molar-refractivity contribution < 1.29 is 29.3 Å². The molecule has 0 unspecified atom stereocenters. The summed E-state index contributed by atoms with van der Waals surface area (Å²) in [6.45, 7) is 2.10. The Balaban J connectivity index is 2.00. The fourth-order valence-corrected chi connectivity index (χ4v) is 2.93. The van der Waals surface area contributed by atoms with Gasteiger partial charge in [-0.25, -0.2) is 4.79 Å². The Morgan fingerprint density at radius 2 is 1.96 bits per heavy atom. The Morgan fingerprint density at radius 1 is 1.20 bits per heavy atom. The van der Waals surface area contributed by atoms with E-state index in [2.05, 4.69) is 5.32 Å². The summed E-state index contributed by atoms with van der Waals surface area (Å²) < 4.78 is 10.6. The minimum absolute atomic E-state index is 0.0854. The first-order valence-electron chi connectivity index (χ1n) is 8.59. The van der Waals surface area contributed by atoms with Gasteiger partial charge in [-0.3, -0.25) is 4.79 Å². The summed E-state index contributed by atoms with van der Waals surface area (Å²) in [5.74, 6) is -0.654. The third-order valence-corrected chi connectivity index (χ3v) is 4.25. The van der Waals surface area contributed by atoms with Crippen molar-refractivity contribution in [2.75, 3.05) is 19.8 Å². The fraction of sp³-hybridized carbons (Fsp3) is 0.556. The van der Waals surface area contributed by atoms with Gasteiger partial charge in [-0.2, -0.15) is 0 Å². The Morgan fingerprint density at radius 3 is 2.64 bits per heavy atom. The first-order valence-corrected chi connectivity index (χ1v) is 8.59. The smallest absolute Gasteiger partial charge is 0.341 e. The Kier molecular flexibility index (Phi) is 7.06. The molecule has 7 heteroatoms. The number of carboxylic acids is 1. The number of carbonyl (C=O) groups excluding carboxylic acids is 1. The van der Waals surface area contributed by atoms with E-state index in [0.29, 0.717) is 24.5 Å². The van der Waals surface area contributed by atoms with Gasteiger partial charge in [0.25, 0.3) is 5.91 Å². The fourth-order valence-electron chi connectivity index (χ4n) is 2.93. The molecule has 3 N–H and O–H groups in total. The number of carboxylic acid groups (broad SMARTS) is 1. The largest absolute Gasteiger partial charge is 0.490 e. The molecule has 0 saturated heterocycles. The van der Waals surface area contributed by atoms with Crippen LogP contribution in [0.25, 0.3) is 0 Å². The van der Waals surface area contributed by atoms with E-state index < -0.39 is 12.6 Å². The van der Waals surface area contributed by atoms with Crippen molar-refractivity contribution in [2.45, 2.75) is 38.7 Å². The van der Waals surface area contributed by atoms with Gasteiger partial charge in [0.05, 0.1) is 12.7 Å². The molecule has 1 saturated carbocycles. The maximum atomic E-state index is 12.3. The predicted molar refractivity (Wildman–Crippen MR) is 91.0 cm³/mol. The highest BCUT2D eigenvalue weighted by atomic mass is 16.5. The predicted octanol–water partition coefficient (Wildman–Crippen LogP) is 1.83. The van der Waals surface area contributed by atoms with Crippen molar-refractivity contribution in [3.05, 3.63) is 23.8 Å². The summed E-state index contributed by atoms with van der Waals surface area (Å²) in [7, 11) is 0. The van der Waals surface area contributed by atoms with Crippen molar-refractivity contribution in [1.29, 1.82) is 0 Å². The molecular weight excluding hydrogens is 326 g/mol. The molecule has 7 nitrogen and oxygen atoms in total. The van der Waals surface area contributed by atoms with Crippen LogP contribution in [0, 0.1) is 5.92 Å². The molecule has 0 bridgehead atoms. The zero-order valence-corrected chi connectivity index (χ0v) is 14.4. The third kappa shape index (κ3) is 5.63. The average Bonchev–Trinajstić information content (AvgIpc) is 2.59. The number of aliphatic hydroxyl groups excluding tert-OH is 1. The molecular formula is C18H25NO6. The maximum Gasteiger partial charge on any atom is 0.341 e. The second-order valence-electron chi connectivity index (χ2n) is 6.10. The van der Waals surface area contributed by atoms with E-state index in [1.165, 1.54) is 12.1 Å². The van der Waals surface area contributed by atoms with Gasteiger partial charge in [-0.15, -0.1) is 0 Å². The van der Waals surface area contributed by atoms with E-state index in [1.54, 1.807) is 13.0 Å². The molecule has 0 spiro atoms. The van der Waals surface area contributed by atoms with Crippen molar-refractivity contribution >= 4 is 11.9 Å². The Hall–Kier alpha value is -2.28. The van der Waals surface area contributed by atoms with Crippen LogP contribution in [-0.2, 0) is 4.79 Å². The van der Waals surface area contributed by atoms with Crippen LogP contribution in [-0.4, -0.2) is 48.0 Å². The monoisotopic (exact) mass is 351 g/mol. The van der Waals surface area contributed by atoms with Gasteiger partial charge in [0.2, 0.25) is 0 Å². The Labute approximate surface area is 146 Å². The summed E-state index contributed by atoms with van der Waals surface area (Å²) in [5, 5.41) is 21.5. The number of carbonyl (C=O) groups is 2. The van der Waals surface area contributed by atoms with Gasteiger partial charge >= 0.3 is 5.97 Å². The summed E-state index contributed by atoms with van der Waals surface area (Å²) in [5.41, 5.74) is 0.399. The van der Waals surface area contributed by atoms with Crippen molar-refractivity contribution in [3.8, 4) is 11.5 Å². The molecule has 0 heterocycles. The Bertz CT molecular complexity index is 603. The first kappa shape index (κ1) is 19.1. The topological polar surface area (TPSA) is 105 Å². The molecule has 2 atom stereocenters. The number of aliphatic carboxylic acids is 1. The van der Waals surface area contributed by atoms with E-state index in [1.807, 2.05) is 0 Å². The zero-order chi connectivity index (χ0) is 18.2. The lowest BCUT2D eigenvalue weighted by molar-refractivity contribution is -0.139. The number of hydrogen-bond acceptors (Lipinski definition) is 5. The highest BCUT2D eigenvalue weighted by Gasteiger charge is 2.23. The number of amides is 1. The van der Waals surface area contributed by atoms with Crippen molar-refractivity contribution in [2.24, 2.45) is 5.92 Å². The highest BCUT2D eigenvalue weighted by molar-refractivity contribution is 5.94. The summed E-state index contributed by atoms with van der Waals surface area (Å²) in [6.07, 6.45) is 3.43. The van der Waals surface area contributed by atoms with E-state index in [9.17, 15) is 14.7 Å². The van der Waals surface area contributed by atoms with Crippen LogP contribution in [0.4, 0.5) is 0 Å². The van der Waals surface area contributed by atoms with Crippen molar-refractivity contribution in [1.82, 2.24) is 5.32 Å². The lowest BCUT2D eigenvalue weighted by Crippen LogP contribution is -2.36. The van der Waals surface area contributed by atoms with E-state index in [-0.39, 0.29) is 23.7 Å². The molecule has 0 radical (unpaired) electrons. The number of hydrogen-bond donors (Lipinski definition) is 3. The average molecular weight is 351 g/mol. The summed E-state index contributed by atoms with van der Waals surface area (Å²) in [6, 6.07) is 4.62. The lowest BCUT2D eigenvalue weighted by atomic mass is 9.86. The standard InChI is InChI=1S/C18H25NO6/c1-2-24-16-9-12(7-8-15(16)25-11-17(21)22)18(23)19-10-13-5-3-4-6-14(13)20/h7-9,13-14,20H,2-6,10-11H2,1H3,(H,19,23)(H,21,22)/t13-,14-/m0/s1. The molecule has 1 fully saturated rings. The molecule has 2 rings (SSSR count). The summed E-state index contributed by atoms with van der Waals surface area (Å²) >= 11 is 0. The number of aliphatic hydroxyl groups is 1. The summed E-state index contributed by atoms with van der Waals surface area (Å²) in [4.78, 5) is 23.0. The molecule has 25 heavy (non-hydrogen) atoms. The van der Waals surface area contributed by atoms with Gasteiger partial charge in [-0.05, 0) is 38.0 Å². The van der Waals surface area contributed by atoms with Crippen LogP contribution in [0.3, 0.4) is 0 Å².